The molecule has 1 aromatic rings. The molecule has 0 amide bonds. The number of rotatable bonds is 10. The smallest absolute Gasteiger partial charge is 0.267 e. The summed E-state index contributed by atoms with van der Waals surface area (Å²) in [4.78, 5) is 12.9. The summed E-state index contributed by atoms with van der Waals surface area (Å²) in [7, 11) is 0. The molecule has 2 aliphatic carbocycles. The molecule has 0 aromatic heterocycles. The Bertz CT molecular complexity index is 865. The summed E-state index contributed by atoms with van der Waals surface area (Å²) in [6, 6.07) is 2.53. The third kappa shape index (κ3) is 7.10. The molecular formula is C31H45F3O3. The van der Waals surface area contributed by atoms with E-state index in [-0.39, 0.29) is 30.4 Å². The van der Waals surface area contributed by atoms with E-state index in [4.69, 9.17) is 9.47 Å². The third-order valence-electron chi connectivity index (χ3n) is 9.52. The largest absolute Gasteiger partial charge is 0.491 e. The molecule has 2 unspecified atom stereocenters. The minimum atomic E-state index is -3.09. The molecule has 3 aliphatic rings. The molecule has 1 aromatic carbocycles. The van der Waals surface area contributed by atoms with Gasteiger partial charge in [-0.1, -0.05) is 32.6 Å². The third-order valence-corrected chi connectivity index (χ3v) is 9.52. The SMILES string of the molecule is CCCC1CCC(C2CCC(C3CCC(CC(=O)c4ccc(OCC)c(F)c4C(F)F)OC3)CC2)CC1. The van der Waals surface area contributed by atoms with Crippen LogP contribution < -0.4 is 4.74 Å². The van der Waals surface area contributed by atoms with Crippen molar-refractivity contribution in [2.45, 2.75) is 110 Å². The first-order valence-electron chi connectivity index (χ1n) is 14.8. The monoisotopic (exact) mass is 522 g/mol. The molecule has 3 fully saturated rings. The van der Waals surface area contributed by atoms with Crippen molar-refractivity contribution in [3.8, 4) is 5.75 Å². The van der Waals surface area contributed by atoms with E-state index in [1.165, 1.54) is 76.3 Å². The van der Waals surface area contributed by atoms with Gasteiger partial charge in [0.25, 0.3) is 6.43 Å². The van der Waals surface area contributed by atoms with Gasteiger partial charge in [0.15, 0.2) is 17.3 Å². The molecular weight excluding hydrogens is 477 g/mol. The lowest BCUT2D eigenvalue weighted by Crippen LogP contribution is -2.34. The maximum absolute atomic E-state index is 14.6. The first-order chi connectivity index (χ1) is 17.9. The van der Waals surface area contributed by atoms with Crippen molar-refractivity contribution in [2.24, 2.45) is 29.6 Å². The summed E-state index contributed by atoms with van der Waals surface area (Å²) in [5, 5.41) is 0. The van der Waals surface area contributed by atoms with Crippen molar-refractivity contribution in [2.75, 3.05) is 13.2 Å². The highest BCUT2D eigenvalue weighted by atomic mass is 19.3. The fourth-order valence-corrected chi connectivity index (χ4v) is 7.42. The molecule has 0 N–H and O–H groups in total. The zero-order valence-corrected chi connectivity index (χ0v) is 22.7. The summed E-state index contributed by atoms with van der Waals surface area (Å²) < 4.78 is 53.0. The molecule has 4 rings (SSSR count). The van der Waals surface area contributed by atoms with Crippen molar-refractivity contribution in [1.82, 2.24) is 0 Å². The summed E-state index contributed by atoms with van der Waals surface area (Å²) in [6.45, 7) is 4.74. The number of Topliss-reactive ketones (excluding diaryl/α,β-unsaturated/α-hetero) is 1. The van der Waals surface area contributed by atoms with Gasteiger partial charge in [-0.25, -0.2) is 13.2 Å². The molecule has 1 heterocycles. The maximum Gasteiger partial charge on any atom is 0.267 e. The molecule has 2 atom stereocenters. The van der Waals surface area contributed by atoms with Gasteiger partial charge in [0.2, 0.25) is 0 Å². The van der Waals surface area contributed by atoms with Crippen LogP contribution in [0.1, 0.15) is 120 Å². The first kappa shape index (κ1) is 28.4. The van der Waals surface area contributed by atoms with Gasteiger partial charge >= 0.3 is 0 Å². The average molecular weight is 523 g/mol. The molecule has 0 radical (unpaired) electrons. The van der Waals surface area contributed by atoms with Crippen LogP contribution in [0, 0.1) is 35.4 Å². The van der Waals surface area contributed by atoms with E-state index < -0.39 is 23.6 Å². The van der Waals surface area contributed by atoms with Crippen molar-refractivity contribution >= 4 is 5.78 Å². The van der Waals surface area contributed by atoms with Crippen LogP contribution in [0.5, 0.6) is 5.75 Å². The Morgan fingerprint density at radius 1 is 0.919 bits per heavy atom. The van der Waals surface area contributed by atoms with Gasteiger partial charge in [-0.3, -0.25) is 4.79 Å². The van der Waals surface area contributed by atoms with Gasteiger partial charge in [-0.2, -0.15) is 0 Å². The van der Waals surface area contributed by atoms with Crippen molar-refractivity contribution < 1.29 is 27.4 Å². The van der Waals surface area contributed by atoms with Crippen LogP contribution in [-0.4, -0.2) is 25.1 Å². The molecule has 208 valence electrons. The average Bonchev–Trinajstić information content (AvgIpc) is 2.91. The molecule has 3 nitrogen and oxygen atoms in total. The predicted octanol–water partition coefficient (Wildman–Crippen LogP) is 8.94. The number of ketones is 1. The second-order valence-electron chi connectivity index (χ2n) is 11.7. The van der Waals surface area contributed by atoms with Crippen LogP contribution in [0.2, 0.25) is 0 Å². The van der Waals surface area contributed by atoms with Crippen molar-refractivity contribution in [3.05, 3.63) is 29.1 Å². The number of halogens is 3. The Morgan fingerprint density at radius 2 is 1.51 bits per heavy atom. The number of benzene rings is 1. The lowest BCUT2D eigenvalue weighted by molar-refractivity contribution is -0.0403. The lowest BCUT2D eigenvalue weighted by Gasteiger charge is -2.41. The second-order valence-corrected chi connectivity index (χ2v) is 11.7. The number of carbonyl (C=O) groups excluding carboxylic acids is 1. The molecule has 0 bridgehead atoms. The van der Waals surface area contributed by atoms with Gasteiger partial charge in [-0.15, -0.1) is 0 Å². The van der Waals surface area contributed by atoms with E-state index >= 15 is 0 Å². The Kier molecular flexibility index (Phi) is 10.4. The van der Waals surface area contributed by atoms with Crippen LogP contribution in [0.4, 0.5) is 13.2 Å². The van der Waals surface area contributed by atoms with Crippen molar-refractivity contribution in [3.63, 3.8) is 0 Å². The maximum atomic E-state index is 14.6. The summed E-state index contributed by atoms with van der Waals surface area (Å²) >= 11 is 0. The van der Waals surface area contributed by atoms with Crippen LogP contribution in [0.15, 0.2) is 12.1 Å². The van der Waals surface area contributed by atoms with Crippen molar-refractivity contribution in [1.29, 1.82) is 0 Å². The Hall–Kier alpha value is -1.56. The van der Waals surface area contributed by atoms with E-state index in [1.54, 1.807) is 6.92 Å². The normalized spacial score (nSPS) is 30.9. The van der Waals surface area contributed by atoms with Crippen LogP contribution in [-0.2, 0) is 4.74 Å². The zero-order chi connectivity index (χ0) is 26.4. The minimum absolute atomic E-state index is 0.00725. The molecule has 6 heteroatoms. The fourth-order valence-electron chi connectivity index (χ4n) is 7.42. The highest BCUT2D eigenvalue weighted by molar-refractivity contribution is 5.98. The Labute approximate surface area is 220 Å². The van der Waals surface area contributed by atoms with Crippen LogP contribution >= 0.6 is 0 Å². The highest BCUT2D eigenvalue weighted by Gasteiger charge is 2.36. The van der Waals surface area contributed by atoms with Gasteiger partial charge in [0.1, 0.15) is 0 Å². The van der Waals surface area contributed by atoms with E-state index in [9.17, 15) is 18.0 Å². The zero-order valence-electron chi connectivity index (χ0n) is 22.7. The van der Waals surface area contributed by atoms with E-state index in [0.29, 0.717) is 18.4 Å². The van der Waals surface area contributed by atoms with E-state index in [1.807, 2.05) is 0 Å². The molecule has 1 saturated heterocycles. The molecule has 2 saturated carbocycles. The van der Waals surface area contributed by atoms with E-state index in [0.717, 1.165) is 30.6 Å². The number of carbonyl (C=O) groups is 1. The van der Waals surface area contributed by atoms with E-state index in [2.05, 4.69) is 6.92 Å². The van der Waals surface area contributed by atoms with Gasteiger partial charge in [0.05, 0.1) is 24.9 Å². The van der Waals surface area contributed by atoms with Gasteiger partial charge < -0.3 is 9.47 Å². The summed E-state index contributed by atoms with van der Waals surface area (Å²) in [5.74, 6) is 2.12. The van der Waals surface area contributed by atoms with Crippen LogP contribution in [0.25, 0.3) is 0 Å². The van der Waals surface area contributed by atoms with Crippen LogP contribution in [0.3, 0.4) is 0 Å². The molecule has 1 aliphatic heterocycles. The number of hydrogen-bond donors (Lipinski definition) is 0. The molecule has 37 heavy (non-hydrogen) atoms. The first-order valence-corrected chi connectivity index (χ1v) is 14.8. The Balaban J connectivity index is 1.23. The second kappa shape index (κ2) is 13.5. The fraction of sp³-hybridized carbons (Fsp3) is 0.774. The standard InChI is InChI=1S/C31H45F3O3/c1-3-5-20-6-8-21(9-7-20)22-10-12-23(13-11-22)24-14-15-25(37-19-24)18-27(35)26-16-17-28(36-4-2)30(32)29(26)31(33)34/h16-17,20-25,31H,3-15,18-19H2,1-2H3. The predicted molar refractivity (Wildman–Crippen MR) is 140 cm³/mol. The summed E-state index contributed by atoms with van der Waals surface area (Å²) in [5.41, 5.74) is -1.12. The molecule has 0 spiro atoms. The quantitative estimate of drug-likeness (QED) is 0.288. The number of ether oxygens (including phenoxy) is 2. The van der Waals surface area contributed by atoms with Gasteiger partial charge in [-0.05, 0) is 100 Å². The minimum Gasteiger partial charge on any atom is -0.491 e. The van der Waals surface area contributed by atoms with Gasteiger partial charge in [0, 0.05) is 12.0 Å². The lowest BCUT2D eigenvalue weighted by atomic mass is 9.66. The number of hydrogen-bond acceptors (Lipinski definition) is 3. The summed E-state index contributed by atoms with van der Waals surface area (Å²) in [6.07, 6.45) is 12.0. The highest BCUT2D eigenvalue weighted by Crippen LogP contribution is 2.45. The number of alkyl halides is 2. The topological polar surface area (TPSA) is 35.5 Å². The Morgan fingerprint density at radius 3 is 2.05 bits per heavy atom.